The summed E-state index contributed by atoms with van der Waals surface area (Å²) in [6, 6.07) is 0.894. The number of hydrogen-bond donors (Lipinski definition) is 2. The van der Waals surface area contributed by atoms with Crippen molar-refractivity contribution in [3.8, 4) is 0 Å². The van der Waals surface area contributed by atoms with Gasteiger partial charge < -0.3 is 20.2 Å². The van der Waals surface area contributed by atoms with E-state index in [1.54, 1.807) is 11.8 Å². The van der Waals surface area contributed by atoms with Gasteiger partial charge in [-0.3, -0.25) is 4.79 Å². The number of aromatic nitrogens is 1. The first-order chi connectivity index (χ1) is 15.1. The fourth-order valence-corrected chi connectivity index (χ4v) is 5.42. The Balaban J connectivity index is 1.64. The molecule has 0 aromatic carbocycles. The molecule has 2 aliphatic rings. The number of nitrogens with zero attached hydrogens (tertiary/aromatic N) is 3. The lowest BCUT2D eigenvalue weighted by atomic mass is 10.0. The second kappa shape index (κ2) is 8.42. The molecule has 7 nitrogen and oxygen atoms in total. The van der Waals surface area contributed by atoms with Crippen molar-refractivity contribution in [2.75, 3.05) is 31.6 Å². The molecule has 2 aromatic heterocycles. The molecule has 1 saturated carbocycles. The summed E-state index contributed by atoms with van der Waals surface area (Å²) in [5.41, 5.74) is -0.584. The van der Waals surface area contributed by atoms with Gasteiger partial charge in [0.2, 0.25) is 0 Å². The first kappa shape index (κ1) is 22.6. The fourth-order valence-electron chi connectivity index (χ4n) is 4.30. The van der Waals surface area contributed by atoms with Crippen LogP contribution in [0.1, 0.15) is 46.5 Å². The lowest BCUT2D eigenvalue weighted by Crippen LogP contribution is -2.48. The number of hydrogen-bond acceptors (Lipinski definition) is 5. The smallest absolute Gasteiger partial charge is 0.417 e. The van der Waals surface area contributed by atoms with Gasteiger partial charge in [-0.15, -0.1) is 11.3 Å². The van der Waals surface area contributed by atoms with Crippen molar-refractivity contribution < 1.29 is 27.9 Å². The Labute approximate surface area is 187 Å². The number of fused-ring (bicyclic) bond motifs is 1. The minimum absolute atomic E-state index is 0.0475. The number of thiophene rings is 1. The van der Waals surface area contributed by atoms with E-state index in [0.29, 0.717) is 43.3 Å². The molecule has 2 amide bonds. The quantitative estimate of drug-likeness (QED) is 0.679. The summed E-state index contributed by atoms with van der Waals surface area (Å²) < 4.78 is 41.5. The third-order valence-corrected chi connectivity index (χ3v) is 7.32. The number of rotatable bonds is 5. The lowest BCUT2D eigenvalue weighted by Gasteiger charge is -2.38. The van der Waals surface area contributed by atoms with Crippen LogP contribution in [0.25, 0.3) is 10.2 Å². The fraction of sp³-hybridized carbons (Fsp3) is 0.571. The predicted molar refractivity (Wildman–Crippen MR) is 115 cm³/mol. The van der Waals surface area contributed by atoms with Crippen molar-refractivity contribution in [2.45, 2.75) is 44.8 Å². The monoisotopic (exact) mass is 470 g/mol. The summed E-state index contributed by atoms with van der Waals surface area (Å²) in [5.74, 6) is 0.116. The van der Waals surface area contributed by atoms with Crippen molar-refractivity contribution in [3.05, 3.63) is 22.1 Å². The molecular formula is C21H25F3N4O3S. The van der Waals surface area contributed by atoms with Crippen LogP contribution in [0.15, 0.2) is 6.07 Å². The Morgan fingerprint density at radius 2 is 1.94 bits per heavy atom. The summed E-state index contributed by atoms with van der Waals surface area (Å²) in [6.07, 6.45) is -2.41. The van der Waals surface area contributed by atoms with Crippen molar-refractivity contribution in [2.24, 2.45) is 5.92 Å². The maximum absolute atomic E-state index is 13.9. The van der Waals surface area contributed by atoms with E-state index in [2.05, 4.69) is 10.3 Å². The normalized spacial score (nSPS) is 17.6. The highest BCUT2D eigenvalue weighted by atomic mass is 32.1. The Kier molecular flexibility index (Phi) is 5.95. The summed E-state index contributed by atoms with van der Waals surface area (Å²) >= 11 is 0.917. The standard InChI is InChI=1S/C21H25F3N4O3S/c1-11-16(19(29)25-2)17-18(32-11)14(21(22,23)24)9-15(26-17)27-7-5-13(6-8-27)28(20(30)31)10-12-3-4-12/h9,12-13H,3-8,10H2,1-2H3,(H,25,29)(H,30,31). The van der Waals surface area contributed by atoms with Crippen LogP contribution < -0.4 is 10.2 Å². The van der Waals surface area contributed by atoms with Crippen LogP contribution >= 0.6 is 11.3 Å². The van der Waals surface area contributed by atoms with E-state index < -0.39 is 23.7 Å². The topological polar surface area (TPSA) is 85.8 Å². The van der Waals surface area contributed by atoms with E-state index in [4.69, 9.17) is 0 Å². The Morgan fingerprint density at radius 3 is 2.47 bits per heavy atom. The number of carboxylic acid groups (broad SMARTS) is 1. The number of halogens is 3. The number of alkyl halides is 3. The van der Waals surface area contributed by atoms with Gasteiger partial charge in [0.1, 0.15) is 5.82 Å². The predicted octanol–water partition coefficient (Wildman–Crippen LogP) is 4.34. The third kappa shape index (κ3) is 4.35. The number of carbonyl (C=O) groups excluding carboxylic acids is 1. The average molecular weight is 471 g/mol. The highest BCUT2D eigenvalue weighted by molar-refractivity contribution is 7.19. The van der Waals surface area contributed by atoms with Gasteiger partial charge in [0, 0.05) is 37.6 Å². The van der Waals surface area contributed by atoms with Gasteiger partial charge in [-0.05, 0) is 44.6 Å². The largest absolute Gasteiger partial charge is 0.465 e. The first-order valence-electron chi connectivity index (χ1n) is 10.6. The average Bonchev–Trinajstić information content (AvgIpc) is 3.50. The van der Waals surface area contributed by atoms with Crippen LogP contribution in [0.5, 0.6) is 0 Å². The summed E-state index contributed by atoms with van der Waals surface area (Å²) in [5, 5.41) is 12.1. The van der Waals surface area contributed by atoms with Gasteiger partial charge in [-0.25, -0.2) is 9.78 Å². The van der Waals surface area contributed by atoms with Crippen LogP contribution in [-0.4, -0.2) is 59.7 Å². The third-order valence-electron chi connectivity index (χ3n) is 6.19. The van der Waals surface area contributed by atoms with E-state index >= 15 is 0 Å². The molecule has 1 aliphatic carbocycles. The zero-order valence-electron chi connectivity index (χ0n) is 17.8. The van der Waals surface area contributed by atoms with Gasteiger partial charge in [0.25, 0.3) is 5.91 Å². The molecule has 1 saturated heterocycles. The second-order valence-corrected chi connectivity index (χ2v) is 9.64. The summed E-state index contributed by atoms with van der Waals surface area (Å²) in [7, 11) is 1.43. The van der Waals surface area contributed by atoms with E-state index in [9.17, 15) is 27.9 Å². The molecular weight excluding hydrogens is 445 g/mol. The number of pyridine rings is 1. The number of aryl methyl sites for hydroxylation is 1. The molecule has 0 bridgehead atoms. The zero-order chi connectivity index (χ0) is 23.2. The second-order valence-electron chi connectivity index (χ2n) is 8.41. The molecule has 2 fully saturated rings. The van der Waals surface area contributed by atoms with Gasteiger partial charge in [-0.1, -0.05) is 0 Å². The highest BCUT2D eigenvalue weighted by Gasteiger charge is 2.37. The van der Waals surface area contributed by atoms with Crippen LogP contribution in [0.3, 0.4) is 0 Å². The Hall–Kier alpha value is -2.56. The number of carbonyl (C=O) groups is 2. The van der Waals surface area contributed by atoms with Crippen LogP contribution in [0.4, 0.5) is 23.8 Å². The molecule has 11 heteroatoms. The minimum atomic E-state index is -4.59. The molecule has 2 aromatic rings. The Morgan fingerprint density at radius 1 is 1.28 bits per heavy atom. The molecule has 2 N–H and O–H groups in total. The maximum atomic E-state index is 13.9. The molecule has 32 heavy (non-hydrogen) atoms. The molecule has 0 unspecified atom stereocenters. The van der Waals surface area contributed by atoms with Gasteiger partial charge >= 0.3 is 12.3 Å². The molecule has 0 atom stereocenters. The van der Waals surface area contributed by atoms with Crippen molar-refractivity contribution in [3.63, 3.8) is 0 Å². The molecule has 3 heterocycles. The Bertz CT molecular complexity index is 1040. The van der Waals surface area contributed by atoms with E-state index in [1.165, 1.54) is 11.9 Å². The summed E-state index contributed by atoms with van der Waals surface area (Å²) in [6.45, 7) is 2.93. The molecule has 0 spiro atoms. The van der Waals surface area contributed by atoms with E-state index in [0.717, 1.165) is 30.2 Å². The van der Waals surface area contributed by atoms with Crippen molar-refractivity contribution >= 4 is 39.4 Å². The van der Waals surface area contributed by atoms with Gasteiger partial charge in [0.05, 0.1) is 21.3 Å². The van der Waals surface area contributed by atoms with Crippen molar-refractivity contribution in [1.82, 2.24) is 15.2 Å². The number of amides is 2. The van der Waals surface area contributed by atoms with Gasteiger partial charge in [-0.2, -0.15) is 13.2 Å². The van der Waals surface area contributed by atoms with Crippen LogP contribution in [-0.2, 0) is 6.18 Å². The molecule has 174 valence electrons. The van der Waals surface area contributed by atoms with Crippen LogP contribution in [0, 0.1) is 12.8 Å². The molecule has 0 radical (unpaired) electrons. The summed E-state index contributed by atoms with van der Waals surface area (Å²) in [4.78, 5) is 32.2. The highest BCUT2D eigenvalue weighted by Crippen LogP contribution is 2.42. The van der Waals surface area contributed by atoms with E-state index in [1.807, 2.05) is 0 Å². The number of anilines is 1. The molecule has 4 rings (SSSR count). The SMILES string of the molecule is CNC(=O)c1c(C)sc2c(C(F)(F)F)cc(N3CCC(N(CC4CC4)C(=O)O)CC3)nc12. The zero-order valence-corrected chi connectivity index (χ0v) is 18.6. The number of piperidine rings is 1. The van der Waals surface area contributed by atoms with E-state index in [-0.39, 0.29) is 27.6 Å². The minimum Gasteiger partial charge on any atom is -0.465 e. The lowest BCUT2D eigenvalue weighted by molar-refractivity contribution is -0.136. The van der Waals surface area contributed by atoms with Crippen LogP contribution in [0.2, 0.25) is 0 Å². The number of nitrogens with one attached hydrogen (secondary N) is 1. The first-order valence-corrected chi connectivity index (χ1v) is 11.4. The molecule has 1 aliphatic heterocycles. The maximum Gasteiger partial charge on any atom is 0.417 e. The van der Waals surface area contributed by atoms with Gasteiger partial charge in [0.15, 0.2) is 0 Å². The van der Waals surface area contributed by atoms with Crippen molar-refractivity contribution in [1.29, 1.82) is 0 Å².